The number of fused-ring (bicyclic) bond motifs is 3. The molecule has 0 saturated heterocycles. The first-order chi connectivity index (χ1) is 28.5. The maximum atomic E-state index is 13.2. The minimum Gasteiger partial charge on any atom is -0.457 e. The van der Waals surface area contributed by atoms with Crippen molar-refractivity contribution in [2.75, 3.05) is 0 Å². The molecule has 59 heavy (non-hydrogen) atoms. The van der Waals surface area contributed by atoms with Gasteiger partial charge in [-0.2, -0.15) is 0 Å². The molecule has 0 spiro atoms. The Balaban J connectivity index is 1.01. The molecule has 0 N–H and O–H groups in total. The van der Waals surface area contributed by atoms with Gasteiger partial charge in [-0.1, -0.05) is 108 Å². The van der Waals surface area contributed by atoms with Crippen LogP contribution in [0.4, 0.5) is 0 Å². The summed E-state index contributed by atoms with van der Waals surface area (Å²) >= 11 is 12.1. The molecule has 0 heterocycles. The van der Waals surface area contributed by atoms with Crippen LogP contribution in [0.2, 0.25) is 10.0 Å². The number of rotatable bonds is 10. The van der Waals surface area contributed by atoms with E-state index in [1.165, 1.54) is 48.5 Å². The van der Waals surface area contributed by atoms with Gasteiger partial charge in [0.15, 0.2) is 0 Å². The minimum absolute atomic E-state index is 0.121. The zero-order chi connectivity index (χ0) is 40.8. The van der Waals surface area contributed by atoms with Crippen LogP contribution in [-0.2, 0) is 25.1 Å². The molecule has 0 fully saturated rings. The number of sulfone groups is 2. The average molecular weight is 852 g/mol. The molecule has 0 aromatic heterocycles. The van der Waals surface area contributed by atoms with Crippen LogP contribution in [-0.4, -0.2) is 16.8 Å². The zero-order valence-corrected chi connectivity index (χ0v) is 34.1. The van der Waals surface area contributed by atoms with E-state index in [2.05, 4.69) is 72.8 Å². The summed E-state index contributed by atoms with van der Waals surface area (Å²) in [6.45, 7) is 0. The van der Waals surface area contributed by atoms with Crippen LogP contribution in [0.1, 0.15) is 22.3 Å². The van der Waals surface area contributed by atoms with E-state index in [1.54, 1.807) is 48.5 Å². The molecule has 8 aromatic carbocycles. The minimum atomic E-state index is -3.75. The largest absolute Gasteiger partial charge is 0.457 e. The van der Waals surface area contributed by atoms with E-state index < -0.39 is 25.1 Å². The van der Waals surface area contributed by atoms with Crippen molar-refractivity contribution in [2.45, 2.75) is 25.0 Å². The van der Waals surface area contributed by atoms with Crippen molar-refractivity contribution >= 4 is 42.9 Å². The Morgan fingerprint density at radius 2 is 0.695 bits per heavy atom. The fourth-order valence-electron chi connectivity index (χ4n) is 7.76. The summed E-state index contributed by atoms with van der Waals surface area (Å²) in [5, 5.41) is 0.691. The van der Waals surface area contributed by atoms with Gasteiger partial charge in [0.2, 0.25) is 19.7 Å². The first-order valence-corrected chi connectivity index (χ1v) is 22.2. The van der Waals surface area contributed by atoms with Crippen LogP contribution in [0.25, 0.3) is 11.1 Å². The fourth-order valence-corrected chi connectivity index (χ4v) is 10.9. The molecule has 290 valence electrons. The third-order valence-electron chi connectivity index (χ3n) is 10.5. The maximum Gasteiger partial charge on any atom is 0.206 e. The zero-order valence-electron chi connectivity index (χ0n) is 31.0. The normalized spacial score (nSPS) is 13.0. The lowest BCUT2D eigenvalue weighted by Gasteiger charge is -2.34. The molecule has 0 unspecified atom stereocenters. The molecule has 0 bridgehead atoms. The summed E-state index contributed by atoms with van der Waals surface area (Å²) < 4.78 is 65.3. The molecule has 1 aliphatic carbocycles. The quantitative estimate of drug-likeness (QED) is 0.136. The first-order valence-electron chi connectivity index (χ1n) is 18.5. The van der Waals surface area contributed by atoms with E-state index in [4.69, 9.17) is 32.7 Å². The van der Waals surface area contributed by atoms with Crippen LogP contribution in [0, 0.1) is 0 Å². The Morgan fingerprint density at radius 1 is 0.356 bits per heavy atom. The second-order valence-electron chi connectivity index (χ2n) is 14.0. The van der Waals surface area contributed by atoms with E-state index in [0.29, 0.717) is 33.0 Å². The van der Waals surface area contributed by atoms with Crippen molar-refractivity contribution in [3.8, 4) is 34.1 Å². The molecular formula is C49H32Cl2O6S2. The molecule has 6 nitrogen and oxygen atoms in total. The summed E-state index contributed by atoms with van der Waals surface area (Å²) in [6.07, 6.45) is 0. The molecule has 0 radical (unpaired) electrons. The van der Waals surface area contributed by atoms with Gasteiger partial charge in [0.1, 0.15) is 23.0 Å². The van der Waals surface area contributed by atoms with Crippen LogP contribution in [0.5, 0.6) is 23.0 Å². The van der Waals surface area contributed by atoms with Crippen LogP contribution in [0.3, 0.4) is 0 Å². The smallest absolute Gasteiger partial charge is 0.206 e. The third kappa shape index (κ3) is 6.98. The Hall–Kier alpha value is -6.16. The van der Waals surface area contributed by atoms with Crippen LogP contribution >= 0.6 is 23.2 Å². The number of hydrogen-bond donors (Lipinski definition) is 0. The summed E-state index contributed by atoms with van der Waals surface area (Å²) in [6, 6.07) is 57.8. The Bertz CT molecular complexity index is 2870. The second kappa shape index (κ2) is 15.2. The van der Waals surface area contributed by atoms with Gasteiger partial charge in [-0.15, -0.1) is 0 Å². The van der Waals surface area contributed by atoms with Crippen molar-refractivity contribution in [1.29, 1.82) is 0 Å². The predicted octanol–water partition coefficient (Wildman–Crippen LogP) is 12.6. The van der Waals surface area contributed by atoms with Crippen molar-refractivity contribution in [2.24, 2.45) is 0 Å². The molecule has 1 aliphatic rings. The summed E-state index contributed by atoms with van der Waals surface area (Å²) in [7, 11) is -7.51. The van der Waals surface area contributed by atoms with Gasteiger partial charge in [0, 0.05) is 10.0 Å². The fraction of sp³-hybridized carbons (Fsp3) is 0.0204. The van der Waals surface area contributed by atoms with E-state index in [9.17, 15) is 16.8 Å². The number of ether oxygens (including phenoxy) is 2. The second-order valence-corrected chi connectivity index (χ2v) is 18.7. The highest BCUT2D eigenvalue weighted by Gasteiger charge is 2.45. The highest BCUT2D eigenvalue weighted by molar-refractivity contribution is 7.91. The summed E-state index contributed by atoms with van der Waals surface area (Å²) in [4.78, 5) is 0.516. The van der Waals surface area contributed by atoms with E-state index in [0.717, 1.165) is 33.4 Å². The summed E-state index contributed by atoms with van der Waals surface area (Å²) in [5.41, 5.74) is 5.92. The van der Waals surface area contributed by atoms with E-state index in [-0.39, 0.29) is 19.6 Å². The Kier molecular flexibility index (Phi) is 9.89. The lowest BCUT2D eigenvalue weighted by atomic mass is 9.68. The summed E-state index contributed by atoms with van der Waals surface area (Å²) in [5.74, 6) is 2.15. The van der Waals surface area contributed by atoms with Gasteiger partial charge in [-0.3, -0.25) is 0 Å². The molecule has 0 amide bonds. The standard InChI is InChI=1S/C49H32Cl2O6S2/c50-35-7-5-9-43(31-35)58(52,53)41-27-23-39(24-28-41)56-37-19-15-33(16-20-37)49(47-13-3-1-11-45(47)46-12-2-4-14-48(46)49)34-17-21-38(22-18-34)57-40-25-29-42(30-26-40)59(54,55)44-10-6-8-36(51)32-44/h1-32H. The Labute approximate surface area is 352 Å². The van der Waals surface area contributed by atoms with Crippen molar-refractivity contribution in [3.05, 3.63) is 226 Å². The van der Waals surface area contributed by atoms with Gasteiger partial charge < -0.3 is 9.47 Å². The molecule has 0 aliphatic heterocycles. The molecular weight excluding hydrogens is 820 g/mol. The highest BCUT2D eigenvalue weighted by atomic mass is 35.5. The lowest BCUT2D eigenvalue weighted by molar-refractivity contribution is 0.481. The number of benzene rings is 8. The topological polar surface area (TPSA) is 86.7 Å². The van der Waals surface area contributed by atoms with Gasteiger partial charge >= 0.3 is 0 Å². The Morgan fingerprint density at radius 3 is 1.05 bits per heavy atom. The van der Waals surface area contributed by atoms with Crippen molar-refractivity contribution in [3.63, 3.8) is 0 Å². The molecule has 10 heteroatoms. The van der Waals surface area contributed by atoms with Crippen LogP contribution in [0.15, 0.2) is 214 Å². The average Bonchev–Trinajstić information content (AvgIpc) is 3.56. The van der Waals surface area contributed by atoms with Crippen molar-refractivity contribution < 1.29 is 26.3 Å². The highest BCUT2D eigenvalue weighted by Crippen LogP contribution is 2.56. The van der Waals surface area contributed by atoms with Gasteiger partial charge in [0.25, 0.3) is 0 Å². The van der Waals surface area contributed by atoms with Gasteiger partial charge in [-0.25, -0.2) is 16.8 Å². The number of hydrogen-bond acceptors (Lipinski definition) is 6. The molecule has 8 aromatic rings. The SMILES string of the molecule is O=S(=O)(c1ccc(Oc2ccc(C3(c4ccc(Oc5ccc(S(=O)(=O)c6cccc(Cl)c6)cc5)cc4)c4ccccc4-c4ccccc43)cc2)cc1)c1cccc(Cl)c1. The van der Waals surface area contributed by atoms with E-state index in [1.807, 2.05) is 24.3 Å². The predicted molar refractivity (Wildman–Crippen MR) is 231 cm³/mol. The van der Waals surface area contributed by atoms with Crippen molar-refractivity contribution in [1.82, 2.24) is 0 Å². The number of halogens is 2. The van der Waals surface area contributed by atoms with Gasteiger partial charge in [0.05, 0.1) is 25.0 Å². The van der Waals surface area contributed by atoms with E-state index >= 15 is 0 Å². The van der Waals surface area contributed by atoms with Crippen LogP contribution < -0.4 is 9.47 Å². The monoisotopic (exact) mass is 850 g/mol. The molecule has 9 rings (SSSR count). The lowest BCUT2D eigenvalue weighted by Crippen LogP contribution is -2.28. The van der Waals surface area contributed by atoms with Gasteiger partial charge in [-0.05, 0) is 143 Å². The molecule has 0 saturated carbocycles. The maximum absolute atomic E-state index is 13.2. The first kappa shape index (κ1) is 38.4. The molecule has 0 atom stereocenters. The third-order valence-corrected chi connectivity index (χ3v) is 14.5.